The number of hydrogen-bond donors (Lipinski definition) is 0. The largest absolute Gasteiger partial charge is 0.497 e. The predicted molar refractivity (Wildman–Crippen MR) is 70.6 cm³/mol. The lowest BCUT2D eigenvalue weighted by atomic mass is 9.82. The van der Waals surface area contributed by atoms with E-state index in [4.69, 9.17) is 4.74 Å². The molecule has 17 heavy (non-hydrogen) atoms. The molecule has 0 saturated heterocycles. The van der Waals surface area contributed by atoms with E-state index in [1.807, 2.05) is 6.07 Å². The molecule has 0 aromatic heterocycles. The topological polar surface area (TPSA) is 9.23 Å². The van der Waals surface area contributed by atoms with Gasteiger partial charge in [-0.3, -0.25) is 0 Å². The third-order valence-corrected chi connectivity index (χ3v) is 3.79. The molecule has 0 bridgehead atoms. The Morgan fingerprint density at radius 1 is 0.882 bits per heavy atom. The Bertz CT molecular complexity index is 582. The summed E-state index contributed by atoms with van der Waals surface area (Å²) in [6.45, 7) is 4.56. The molecule has 1 aliphatic carbocycles. The van der Waals surface area contributed by atoms with E-state index in [9.17, 15) is 0 Å². The van der Waals surface area contributed by atoms with E-state index in [-0.39, 0.29) is 5.41 Å². The van der Waals surface area contributed by atoms with Crippen molar-refractivity contribution < 1.29 is 4.74 Å². The molecule has 0 fully saturated rings. The first-order chi connectivity index (χ1) is 8.14. The van der Waals surface area contributed by atoms with Gasteiger partial charge in [-0.2, -0.15) is 0 Å². The SMILES string of the molecule is COc1ccc2c(c1)-c1ccccc1C2(C)C. The highest BCUT2D eigenvalue weighted by Gasteiger charge is 2.34. The van der Waals surface area contributed by atoms with E-state index in [1.54, 1.807) is 7.11 Å². The second-order valence-corrected chi connectivity index (χ2v) is 5.08. The molecule has 0 amide bonds. The van der Waals surface area contributed by atoms with Crippen LogP contribution in [0.2, 0.25) is 0 Å². The lowest BCUT2D eigenvalue weighted by Gasteiger charge is -2.21. The number of benzene rings is 2. The minimum atomic E-state index is 0.0954. The third-order valence-electron chi connectivity index (χ3n) is 3.79. The van der Waals surface area contributed by atoms with Crippen molar-refractivity contribution in [2.75, 3.05) is 7.11 Å². The second-order valence-electron chi connectivity index (χ2n) is 5.08. The zero-order chi connectivity index (χ0) is 12.0. The third kappa shape index (κ3) is 1.32. The second kappa shape index (κ2) is 3.36. The summed E-state index contributed by atoms with van der Waals surface area (Å²) in [6.07, 6.45) is 0. The first kappa shape index (κ1) is 10.4. The fourth-order valence-corrected chi connectivity index (χ4v) is 2.83. The summed E-state index contributed by atoms with van der Waals surface area (Å²) in [6, 6.07) is 15.0. The van der Waals surface area contributed by atoms with Crippen LogP contribution in [-0.2, 0) is 5.41 Å². The maximum absolute atomic E-state index is 5.32. The normalized spacial score (nSPS) is 15.2. The molecule has 0 N–H and O–H groups in total. The van der Waals surface area contributed by atoms with Gasteiger partial charge in [0.1, 0.15) is 5.75 Å². The Hall–Kier alpha value is -1.76. The van der Waals surface area contributed by atoms with Gasteiger partial charge in [0.15, 0.2) is 0 Å². The molecule has 0 spiro atoms. The predicted octanol–water partition coefficient (Wildman–Crippen LogP) is 4.00. The fourth-order valence-electron chi connectivity index (χ4n) is 2.83. The Labute approximate surface area is 102 Å². The highest BCUT2D eigenvalue weighted by molar-refractivity contribution is 5.81. The van der Waals surface area contributed by atoms with Crippen LogP contribution in [-0.4, -0.2) is 7.11 Å². The zero-order valence-electron chi connectivity index (χ0n) is 10.4. The van der Waals surface area contributed by atoms with E-state index in [0.29, 0.717) is 0 Å². The lowest BCUT2D eigenvalue weighted by molar-refractivity contribution is 0.414. The minimum Gasteiger partial charge on any atom is -0.497 e. The van der Waals surface area contributed by atoms with Gasteiger partial charge >= 0.3 is 0 Å². The van der Waals surface area contributed by atoms with Crippen molar-refractivity contribution in [2.45, 2.75) is 19.3 Å². The molecule has 0 radical (unpaired) electrons. The van der Waals surface area contributed by atoms with Gasteiger partial charge in [-0.25, -0.2) is 0 Å². The van der Waals surface area contributed by atoms with Crippen LogP contribution in [0.15, 0.2) is 42.5 Å². The van der Waals surface area contributed by atoms with Gasteiger partial charge in [0, 0.05) is 5.41 Å². The standard InChI is InChI=1S/C16H16O/c1-16(2)14-7-5-4-6-12(14)13-10-11(17-3)8-9-15(13)16/h4-10H,1-3H3. The van der Waals surface area contributed by atoms with Crippen molar-refractivity contribution in [3.05, 3.63) is 53.6 Å². The molecule has 1 heteroatoms. The molecule has 2 aromatic rings. The van der Waals surface area contributed by atoms with Crippen molar-refractivity contribution in [3.63, 3.8) is 0 Å². The quantitative estimate of drug-likeness (QED) is 0.711. The highest BCUT2D eigenvalue weighted by atomic mass is 16.5. The van der Waals surface area contributed by atoms with Gasteiger partial charge in [-0.05, 0) is 34.4 Å². The molecule has 3 rings (SSSR count). The van der Waals surface area contributed by atoms with Gasteiger partial charge in [-0.1, -0.05) is 44.2 Å². The van der Waals surface area contributed by atoms with Crippen molar-refractivity contribution >= 4 is 0 Å². The Kier molecular flexibility index (Phi) is 2.06. The molecule has 0 atom stereocenters. The summed E-state index contributed by atoms with van der Waals surface area (Å²) in [4.78, 5) is 0. The summed E-state index contributed by atoms with van der Waals surface area (Å²) in [5.74, 6) is 0.927. The Morgan fingerprint density at radius 3 is 2.35 bits per heavy atom. The van der Waals surface area contributed by atoms with Crippen LogP contribution in [0.5, 0.6) is 5.75 Å². The monoisotopic (exact) mass is 224 g/mol. The van der Waals surface area contributed by atoms with Crippen molar-refractivity contribution in [3.8, 4) is 16.9 Å². The van der Waals surface area contributed by atoms with Crippen molar-refractivity contribution in [2.24, 2.45) is 0 Å². The average molecular weight is 224 g/mol. The van der Waals surface area contributed by atoms with Gasteiger partial charge in [0.05, 0.1) is 7.11 Å². The van der Waals surface area contributed by atoms with Crippen LogP contribution in [0, 0.1) is 0 Å². The Morgan fingerprint density at radius 2 is 1.59 bits per heavy atom. The van der Waals surface area contributed by atoms with Gasteiger partial charge < -0.3 is 4.74 Å². The van der Waals surface area contributed by atoms with E-state index in [0.717, 1.165) is 5.75 Å². The number of rotatable bonds is 1. The number of ether oxygens (including phenoxy) is 1. The van der Waals surface area contributed by atoms with E-state index >= 15 is 0 Å². The zero-order valence-corrected chi connectivity index (χ0v) is 10.4. The fraction of sp³-hybridized carbons (Fsp3) is 0.250. The van der Waals surface area contributed by atoms with E-state index in [2.05, 4.69) is 50.2 Å². The molecule has 86 valence electrons. The molecule has 1 aliphatic rings. The molecule has 0 heterocycles. The van der Waals surface area contributed by atoms with Crippen LogP contribution in [0.25, 0.3) is 11.1 Å². The lowest BCUT2D eigenvalue weighted by Crippen LogP contribution is -2.14. The van der Waals surface area contributed by atoms with E-state index < -0.39 is 0 Å². The number of methoxy groups -OCH3 is 1. The average Bonchev–Trinajstić information content (AvgIpc) is 2.59. The van der Waals surface area contributed by atoms with Crippen LogP contribution >= 0.6 is 0 Å². The van der Waals surface area contributed by atoms with E-state index in [1.165, 1.54) is 22.3 Å². The van der Waals surface area contributed by atoms with Crippen molar-refractivity contribution in [1.29, 1.82) is 0 Å². The molecule has 0 aliphatic heterocycles. The van der Waals surface area contributed by atoms with Crippen LogP contribution in [0.3, 0.4) is 0 Å². The maximum Gasteiger partial charge on any atom is 0.119 e. The molecule has 2 aromatic carbocycles. The highest BCUT2D eigenvalue weighted by Crippen LogP contribution is 2.49. The number of fused-ring (bicyclic) bond motifs is 3. The number of hydrogen-bond acceptors (Lipinski definition) is 1. The van der Waals surface area contributed by atoms with Gasteiger partial charge in [-0.15, -0.1) is 0 Å². The Balaban J connectivity index is 2.33. The summed E-state index contributed by atoms with van der Waals surface area (Å²) >= 11 is 0. The van der Waals surface area contributed by atoms with Crippen molar-refractivity contribution in [1.82, 2.24) is 0 Å². The maximum atomic E-state index is 5.32. The first-order valence-corrected chi connectivity index (χ1v) is 5.93. The summed E-state index contributed by atoms with van der Waals surface area (Å²) < 4.78 is 5.32. The summed E-state index contributed by atoms with van der Waals surface area (Å²) in [7, 11) is 1.72. The summed E-state index contributed by atoms with van der Waals surface area (Å²) in [5, 5.41) is 0. The minimum absolute atomic E-state index is 0.0954. The van der Waals surface area contributed by atoms with Gasteiger partial charge in [0.25, 0.3) is 0 Å². The first-order valence-electron chi connectivity index (χ1n) is 5.93. The van der Waals surface area contributed by atoms with Crippen LogP contribution < -0.4 is 4.74 Å². The summed E-state index contributed by atoms with van der Waals surface area (Å²) in [5.41, 5.74) is 5.54. The van der Waals surface area contributed by atoms with Crippen LogP contribution in [0.4, 0.5) is 0 Å². The van der Waals surface area contributed by atoms with Crippen LogP contribution in [0.1, 0.15) is 25.0 Å². The molecule has 0 unspecified atom stereocenters. The molecular formula is C16H16O. The smallest absolute Gasteiger partial charge is 0.119 e. The van der Waals surface area contributed by atoms with Gasteiger partial charge in [0.2, 0.25) is 0 Å². The molecule has 0 saturated carbocycles. The molecular weight excluding hydrogens is 208 g/mol. The molecule has 1 nitrogen and oxygen atoms in total.